The minimum atomic E-state index is -4.64. The number of non-ortho nitro benzene ring substituents is 2. The lowest BCUT2D eigenvalue weighted by molar-refractivity contribution is -0.385. The summed E-state index contributed by atoms with van der Waals surface area (Å²) in [4.78, 5) is 123. The summed E-state index contributed by atoms with van der Waals surface area (Å²) in [5.74, 6) is -1.22. The standard InChI is InChI=1S/C21H21ClF3N5O4.2C21H24F3N5O4S.C19H21BrN6O4/c22-19-16(21(23,24)25)2-4-18(26-19)28-5-7-29(8-6-28)20(31)15-13-14(30(32)33)1-3-17(15)27-9-11-34-12-10-27;1-34(31,32)15-2-3-17(27-8-10-33-11-9-27)16(12-15)20(30)29-6-4-28(5-7-29)19-13-18(21(22,23)24)25-14-26-19;1-34(31,32)15-2-3-17(27-10-12-33-13-11-27)16(14-15)19(30)29-8-6-28(7-9-29)18-4-5-25-20(26-18)21(22,23)24;20-14-12-21-19(22-13-14)25-5-3-24(4-6-25)18(27)16-11-15(26(28)29)1-2-17(16)23-7-9-30-10-8-23/h1-4,13H,5-12H2;2-3,12-14H,4-11H2,1H3;2-5,14H,6-13H2,1H3;1-2,11-13H,3-10H2. The Morgan fingerprint density at radius 2 is 0.727 bits per heavy atom. The maximum Gasteiger partial charge on any atom is 0.451 e. The van der Waals surface area contributed by atoms with Gasteiger partial charge in [0.05, 0.1) is 116 Å². The molecule has 0 unspecified atom stereocenters. The van der Waals surface area contributed by atoms with Crippen LogP contribution in [0.15, 0.2) is 136 Å². The van der Waals surface area contributed by atoms with Crippen LogP contribution in [-0.4, -0.2) is 327 Å². The molecule has 708 valence electrons. The van der Waals surface area contributed by atoms with Crippen LogP contribution in [0.5, 0.6) is 0 Å². The van der Waals surface area contributed by atoms with Crippen molar-refractivity contribution < 1.29 is 104 Å². The fourth-order valence-corrected chi connectivity index (χ4v) is 17.4. The first-order chi connectivity index (χ1) is 62.7. The minimum absolute atomic E-state index is 0.0483. The Bertz CT molecular complexity index is 5540. The van der Waals surface area contributed by atoms with E-state index in [9.17, 15) is 95.8 Å². The normalized spacial score (nSPS) is 17.4. The SMILES string of the molecule is CS(=O)(=O)c1ccc(N2CCOCC2)c(C(=O)N2CCN(c3cc(C(F)(F)F)ncn3)CC2)c1.CS(=O)(=O)c1ccc(N2CCOCC2)c(C(=O)N2CCN(c3ccnc(C(F)(F)F)n3)CC2)c1.O=C(c1cc([N+](=O)[O-])ccc1N1CCOCC1)N1CCN(c2ccc(C(F)(F)F)c(Cl)n2)CC1.O=C(c1cc([N+](=O)[O-])ccc1N1CCOCC1)N1CCN(c2ncc(Br)cn2)CC1. The van der Waals surface area contributed by atoms with E-state index in [1.165, 1.54) is 60.7 Å². The van der Waals surface area contributed by atoms with Crippen LogP contribution >= 0.6 is 27.5 Å². The van der Waals surface area contributed by atoms with Crippen LogP contribution in [-0.2, 0) is 57.2 Å². The number of aromatic nitrogens is 7. The van der Waals surface area contributed by atoms with Gasteiger partial charge >= 0.3 is 18.5 Å². The highest BCUT2D eigenvalue weighted by atomic mass is 79.9. The molecule has 12 heterocycles. The number of pyridine rings is 1. The highest BCUT2D eigenvalue weighted by Crippen LogP contribution is 2.39. The van der Waals surface area contributed by atoms with Crippen LogP contribution in [0.2, 0.25) is 5.15 Å². The van der Waals surface area contributed by atoms with E-state index in [2.05, 4.69) is 50.8 Å². The number of hydrogen-bond acceptors (Lipinski definition) is 31. The van der Waals surface area contributed by atoms with Gasteiger partial charge in [0.2, 0.25) is 11.8 Å². The molecule has 50 heteroatoms. The highest BCUT2D eigenvalue weighted by molar-refractivity contribution is 9.10. The Morgan fingerprint density at radius 1 is 0.386 bits per heavy atom. The number of carbonyl (C=O) groups excluding carboxylic acids is 4. The lowest BCUT2D eigenvalue weighted by Crippen LogP contribution is -2.49. The molecule has 8 aliphatic heterocycles. The number of nitrogens with zero attached hydrogens (tertiary/aromatic N) is 21. The van der Waals surface area contributed by atoms with Crippen molar-refractivity contribution in [3.63, 3.8) is 0 Å². The Kier molecular flexibility index (Phi) is 31.4. The third kappa shape index (κ3) is 24.6. The van der Waals surface area contributed by atoms with Crippen molar-refractivity contribution >= 4 is 128 Å². The fourth-order valence-electron chi connectivity index (χ4n) is 15.6. The van der Waals surface area contributed by atoms with E-state index in [0.717, 1.165) is 41.6 Å². The first-order valence-corrected chi connectivity index (χ1v) is 46.4. The van der Waals surface area contributed by atoms with Gasteiger partial charge in [0.25, 0.3) is 35.0 Å². The summed E-state index contributed by atoms with van der Waals surface area (Å²) < 4.78 is 187. The molecule has 0 bridgehead atoms. The Hall–Kier alpha value is -11.8. The van der Waals surface area contributed by atoms with E-state index < -0.39 is 70.3 Å². The molecule has 4 aromatic heterocycles. The average Bonchev–Trinajstić information content (AvgIpc) is 0.786. The second kappa shape index (κ2) is 42.4. The number of carbonyl (C=O) groups is 4. The molecule has 8 aromatic rings. The van der Waals surface area contributed by atoms with Crippen LogP contribution < -0.4 is 39.2 Å². The number of nitro benzene ring substituents is 2. The van der Waals surface area contributed by atoms with E-state index in [1.54, 1.807) is 71.0 Å². The molecule has 8 aliphatic rings. The maximum absolute atomic E-state index is 13.5. The molecule has 37 nitrogen and oxygen atoms in total. The van der Waals surface area contributed by atoms with Gasteiger partial charge in [-0.2, -0.15) is 39.5 Å². The number of hydrogen-bond donors (Lipinski definition) is 0. The van der Waals surface area contributed by atoms with Crippen molar-refractivity contribution in [1.29, 1.82) is 0 Å². The van der Waals surface area contributed by atoms with Gasteiger partial charge in [0.1, 0.15) is 34.6 Å². The number of nitro groups is 2. The molecule has 132 heavy (non-hydrogen) atoms. The molecular formula is C82H90BrClF9N21O16S2. The van der Waals surface area contributed by atoms with Crippen molar-refractivity contribution in [2.45, 2.75) is 28.3 Å². The van der Waals surface area contributed by atoms with Crippen LogP contribution in [0.1, 0.15) is 58.5 Å². The number of piperazine rings is 4. The number of halogens is 11. The molecular weight excluding hydrogens is 1890 g/mol. The first-order valence-electron chi connectivity index (χ1n) is 41.5. The Labute approximate surface area is 764 Å². The number of amides is 4. The molecule has 0 spiro atoms. The van der Waals surface area contributed by atoms with E-state index >= 15 is 0 Å². The number of sulfone groups is 2. The monoisotopic (exact) mass is 1970 g/mol. The molecule has 8 fully saturated rings. The second-order valence-corrected chi connectivity index (χ2v) is 36.3. The predicted octanol–water partition coefficient (Wildman–Crippen LogP) is 8.80. The summed E-state index contributed by atoms with van der Waals surface area (Å²) in [7, 11) is -7.05. The van der Waals surface area contributed by atoms with Gasteiger partial charge in [-0.3, -0.25) is 39.4 Å². The Balaban J connectivity index is 0.000000150. The zero-order valence-corrected chi connectivity index (χ0v) is 75.0. The van der Waals surface area contributed by atoms with Crippen molar-refractivity contribution in [3.8, 4) is 0 Å². The summed E-state index contributed by atoms with van der Waals surface area (Å²) in [6.07, 6.45) is -6.32. The number of morpholine rings is 4. The maximum atomic E-state index is 13.5. The summed E-state index contributed by atoms with van der Waals surface area (Å²) >= 11 is 9.06. The minimum Gasteiger partial charge on any atom is -0.378 e. The largest absolute Gasteiger partial charge is 0.451 e. The van der Waals surface area contributed by atoms with Crippen LogP contribution in [0.4, 0.5) is 97.0 Å². The number of rotatable bonds is 16. The Morgan fingerprint density at radius 3 is 1.06 bits per heavy atom. The van der Waals surface area contributed by atoms with Crippen molar-refractivity contribution in [1.82, 2.24) is 54.5 Å². The van der Waals surface area contributed by atoms with Gasteiger partial charge in [0, 0.05) is 230 Å². The van der Waals surface area contributed by atoms with Gasteiger partial charge < -0.3 is 77.7 Å². The van der Waals surface area contributed by atoms with Gasteiger partial charge in [-0.05, 0) is 82.7 Å². The fraction of sp³-hybridized carbons (Fsp3) is 0.451. The van der Waals surface area contributed by atoms with E-state index in [-0.39, 0.29) is 144 Å². The molecule has 0 aliphatic carbocycles. The topological polar surface area (TPSA) is 389 Å². The quantitative estimate of drug-likeness (QED) is 0.0377. The van der Waals surface area contributed by atoms with Crippen molar-refractivity contribution in [3.05, 3.63) is 191 Å². The summed E-state index contributed by atoms with van der Waals surface area (Å²) in [6.45, 7) is 14.2. The molecule has 0 saturated carbocycles. The number of ether oxygens (including phenoxy) is 4. The average molecular weight is 1980 g/mol. The first kappa shape index (κ1) is 97.8. The second-order valence-electron chi connectivity index (χ2n) is 31.0. The zero-order valence-electron chi connectivity index (χ0n) is 71.1. The molecule has 0 N–H and O–H groups in total. The van der Waals surface area contributed by atoms with Crippen molar-refractivity contribution in [2.75, 3.05) is 262 Å². The third-order valence-corrected chi connectivity index (χ3v) is 25.5. The lowest BCUT2D eigenvalue weighted by Gasteiger charge is -2.37. The highest BCUT2D eigenvalue weighted by Gasteiger charge is 2.40. The molecule has 8 saturated heterocycles. The summed E-state index contributed by atoms with van der Waals surface area (Å²) in [5, 5.41) is 22.0. The van der Waals surface area contributed by atoms with Crippen LogP contribution in [0.3, 0.4) is 0 Å². The number of anilines is 8. The van der Waals surface area contributed by atoms with Gasteiger partial charge in [-0.1, -0.05) is 11.6 Å². The van der Waals surface area contributed by atoms with Crippen LogP contribution in [0.25, 0.3) is 0 Å². The zero-order chi connectivity index (χ0) is 94.6. The summed E-state index contributed by atoms with van der Waals surface area (Å²) in [6, 6.07) is 22.2. The van der Waals surface area contributed by atoms with Gasteiger partial charge in [-0.25, -0.2) is 51.7 Å². The van der Waals surface area contributed by atoms with E-state index in [0.29, 0.717) is 179 Å². The molecule has 0 radical (unpaired) electrons. The summed E-state index contributed by atoms with van der Waals surface area (Å²) in [5.41, 5.74) is 1.45. The van der Waals surface area contributed by atoms with Crippen molar-refractivity contribution in [2.24, 2.45) is 0 Å². The smallest absolute Gasteiger partial charge is 0.378 e. The lowest BCUT2D eigenvalue weighted by atomic mass is 10.1. The van der Waals surface area contributed by atoms with Gasteiger partial charge in [0.15, 0.2) is 19.7 Å². The van der Waals surface area contributed by atoms with E-state index in [4.69, 9.17) is 30.5 Å². The molecule has 4 aromatic carbocycles. The molecule has 0 atom stereocenters. The number of alkyl halides is 9. The molecule has 16 rings (SSSR count). The van der Waals surface area contributed by atoms with Crippen LogP contribution in [0, 0.1) is 20.2 Å². The van der Waals surface area contributed by atoms with Gasteiger partial charge in [-0.15, -0.1) is 0 Å². The third-order valence-electron chi connectivity index (χ3n) is 22.6. The predicted molar refractivity (Wildman–Crippen MR) is 468 cm³/mol. The van der Waals surface area contributed by atoms with E-state index in [1.807, 2.05) is 24.5 Å². The number of benzene rings is 4. The molecule has 4 amide bonds.